The summed E-state index contributed by atoms with van der Waals surface area (Å²) >= 11 is 0. The molecule has 18 heavy (non-hydrogen) atoms. The van der Waals surface area contributed by atoms with Gasteiger partial charge in [0, 0.05) is 23.1 Å². The summed E-state index contributed by atoms with van der Waals surface area (Å²) in [5.74, 6) is 0.00219. The first-order valence-corrected chi connectivity index (χ1v) is 5.66. The molecule has 2 rings (SSSR count). The maximum Gasteiger partial charge on any atom is 0.272 e. The second kappa shape index (κ2) is 4.95. The Balaban J connectivity index is 2.04. The van der Waals surface area contributed by atoms with Gasteiger partial charge in [-0.3, -0.25) is 14.9 Å². The van der Waals surface area contributed by atoms with Crippen LogP contribution in [0, 0.1) is 23.0 Å². The van der Waals surface area contributed by atoms with E-state index in [1.54, 1.807) is 19.1 Å². The van der Waals surface area contributed by atoms with Gasteiger partial charge in [0.05, 0.1) is 11.1 Å². The standard InChI is InChI=1S/C12H13N3O3/c1-8-2-3-9(6-11(8)15(17)18)7-13-14-12(16)10-4-5-10/h2-3,6-7,10H,4-5H2,1H3,(H,14,16)/b13-7-. The van der Waals surface area contributed by atoms with Crippen molar-refractivity contribution < 1.29 is 9.72 Å². The minimum atomic E-state index is -0.435. The van der Waals surface area contributed by atoms with Crippen molar-refractivity contribution in [1.29, 1.82) is 0 Å². The zero-order chi connectivity index (χ0) is 13.1. The average molecular weight is 247 g/mol. The lowest BCUT2D eigenvalue weighted by atomic mass is 10.1. The number of benzene rings is 1. The van der Waals surface area contributed by atoms with Crippen LogP contribution in [0.3, 0.4) is 0 Å². The van der Waals surface area contributed by atoms with Gasteiger partial charge >= 0.3 is 0 Å². The van der Waals surface area contributed by atoms with Crippen LogP contribution in [-0.4, -0.2) is 17.0 Å². The first-order chi connectivity index (χ1) is 8.58. The Labute approximate surface area is 104 Å². The van der Waals surface area contributed by atoms with Gasteiger partial charge < -0.3 is 0 Å². The van der Waals surface area contributed by atoms with Gasteiger partial charge in [0.1, 0.15) is 0 Å². The van der Waals surface area contributed by atoms with Crippen LogP contribution in [0.4, 0.5) is 5.69 Å². The van der Waals surface area contributed by atoms with Crippen LogP contribution in [0.1, 0.15) is 24.0 Å². The number of rotatable bonds is 4. The molecule has 0 bridgehead atoms. The molecule has 1 aliphatic carbocycles. The molecular weight excluding hydrogens is 234 g/mol. The fraction of sp³-hybridized carbons (Fsp3) is 0.333. The van der Waals surface area contributed by atoms with Crippen LogP contribution in [0.2, 0.25) is 0 Å². The number of nitro groups is 1. The van der Waals surface area contributed by atoms with Crippen molar-refractivity contribution in [2.45, 2.75) is 19.8 Å². The van der Waals surface area contributed by atoms with Crippen molar-refractivity contribution in [3.8, 4) is 0 Å². The van der Waals surface area contributed by atoms with E-state index in [1.807, 2.05) is 0 Å². The number of hydrogen-bond donors (Lipinski definition) is 1. The number of nitro benzene ring substituents is 1. The summed E-state index contributed by atoms with van der Waals surface area (Å²) in [5.41, 5.74) is 3.65. The highest BCUT2D eigenvalue weighted by Crippen LogP contribution is 2.28. The first-order valence-electron chi connectivity index (χ1n) is 5.66. The molecule has 1 aliphatic rings. The molecule has 6 nitrogen and oxygen atoms in total. The van der Waals surface area contributed by atoms with Gasteiger partial charge in [-0.2, -0.15) is 5.10 Å². The molecular formula is C12H13N3O3. The summed E-state index contributed by atoms with van der Waals surface area (Å²) in [6, 6.07) is 4.80. The largest absolute Gasteiger partial charge is 0.273 e. The molecule has 1 saturated carbocycles. The monoisotopic (exact) mass is 247 g/mol. The predicted octanol–water partition coefficient (Wildman–Crippen LogP) is 1.76. The van der Waals surface area contributed by atoms with Crippen molar-refractivity contribution in [3.63, 3.8) is 0 Å². The van der Waals surface area contributed by atoms with Gasteiger partial charge in [0.15, 0.2) is 0 Å². The van der Waals surface area contributed by atoms with Crippen molar-refractivity contribution >= 4 is 17.8 Å². The molecule has 1 amide bonds. The molecule has 6 heteroatoms. The van der Waals surface area contributed by atoms with Crippen molar-refractivity contribution in [1.82, 2.24) is 5.43 Å². The molecule has 0 aromatic heterocycles. The Morgan fingerprint density at radius 1 is 1.56 bits per heavy atom. The second-order valence-electron chi connectivity index (χ2n) is 4.31. The van der Waals surface area contributed by atoms with Crippen LogP contribution in [0.5, 0.6) is 0 Å². The van der Waals surface area contributed by atoms with Crippen LogP contribution in [0.15, 0.2) is 23.3 Å². The van der Waals surface area contributed by atoms with E-state index < -0.39 is 4.92 Å². The maximum atomic E-state index is 11.3. The highest BCUT2D eigenvalue weighted by atomic mass is 16.6. The number of nitrogens with one attached hydrogen (secondary N) is 1. The molecule has 0 heterocycles. The SMILES string of the molecule is Cc1ccc(/C=N\NC(=O)C2CC2)cc1[N+](=O)[O-]. The molecule has 94 valence electrons. The number of hydrazone groups is 1. The zero-order valence-electron chi connectivity index (χ0n) is 9.92. The van der Waals surface area contributed by atoms with Crippen LogP contribution in [-0.2, 0) is 4.79 Å². The fourth-order valence-electron chi connectivity index (χ4n) is 1.51. The Morgan fingerprint density at radius 2 is 2.28 bits per heavy atom. The fourth-order valence-corrected chi connectivity index (χ4v) is 1.51. The second-order valence-corrected chi connectivity index (χ2v) is 4.31. The Bertz CT molecular complexity index is 521. The van der Waals surface area contributed by atoms with Crippen molar-refractivity contribution in [2.24, 2.45) is 11.0 Å². The lowest BCUT2D eigenvalue weighted by Crippen LogP contribution is -2.18. The molecule has 0 unspecified atom stereocenters. The van der Waals surface area contributed by atoms with Gasteiger partial charge in [-0.05, 0) is 19.8 Å². The maximum absolute atomic E-state index is 11.3. The quantitative estimate of drug-likeness (QED) is 0.499. The van der Waals surface area contributed by atoms with Crippen molar-refractivity contribution in [2.75, 3.05) is 0 Å². The first kappa shape index (κ1) is 12.2. The lowest BCUT2D eigenvalue weighted by molar-refractivity contribution is -0.385. The summed E-state index contributed by atoms with van der Waals surface area (Å²) in [5, 5.41) is 14.5. The van der Waals surface area contributed by atoms with Gasteiger partial charge in [-0.1, -0.05) is 12.1 Å². The van der Waals surface area contributed by atoms with E-state index in [0.29, 0.717) is 11.1 Å². The van der Waals surface area contributed by atoms with E-state index in [1.165, 1.54) is 12.3 Å². The summed E-state index contributed by atoms with van der Waals surface area (Å²) in [6.45, 7) is 1.67. The number of nitrogens with zero attached hydrogens (tertiary/aromatic N) is 2. The Hall–Kier alpha value is -2.24. The van der Waals surface area contributed by atoms with Crippen LogP contribution in [0.25, 0.3) is 0 Å². The third-order valence-corrected chi connectivity index (χ3v) is 2.77. The van der Waals surface area contributed by atoms with Gasteiger partial charge in [-0.15, -0.1) is 0 Å². The van der Waals surface area contributed by atoms with Gasteiger partial charge in [0.25, 0.3) is 5.69 Å². The topological polar surface area (TPSA) is 84.6 Å². The van der Waals surface area contributed by atoms with E-state index in [0.717, 1.165) is 12.8 Å². The number of hydrogen-bond acceptors (Lipinski definition) is 4. The summed E-state index contributed by atoms with van der Waals surface area (Å²) < 4.78 is 0. The predicted molar refractivity (Wildman–Crippen MR) is 66.3 cm³/mol. The molecule has 0 spiro atoms. The molecule has 0 atom stereocenters. The number of amides is 1. The third kappa shape index (κ3) is 2.91. The van der Waals surface area contributed by atoms with Crippen LogP contribution < -0.4 is 5.43 Å². The Morgan fingerprint density at radius 3 is 2.89 bits per heavy atom. The molecule has 1 N–H and O–H groups in total. The van der Waals surface area contributed by atoms with E-state index >= 15 is 0 Å². The smallest absolute Gasteiger partial charge is 0.272 e. The lowest BCUT2D eigenvalue weighted by Gasteiger charge is -1.99. The third-order valence-electron chi connectivity index (χ3n) is 2.77. The number of carbonyl (C=O) groups is 1. The normalized spacial score (nSPS) is 14.7. The molecule has 1 aromatic carbocycles. The van der Waals surface area contributed by atoms with E-state index in [9.17, 15) is 14.9 Å². The van der Waals surface area contributed by atoms with E-state index in [2.05, 4.69) is 10.5 Å². The molecule has 0 saturated heterocycles. The average Bonchev–Trinajstić information content (AvgIpc) is 3.14. The minimum absolute atomic E-state index is 0.0486. The minimum Gasteiger partial charge on any atom is -0.273 e. The number of aryl methyl sites for hydroxylation is 1. The van der Waals surface area contributed by atoms with Gasteiger partial charge in [-0.25, -0.2) is 5.43 Å². The molecule has 0 aliphatic heterocycles. The molecule has 0 radical (unpaired) electrons. The highest BCUT2D eigenvalue weighted by molar-refractivity contribution is 5.85. The summed E-state index contributed by atoms with van der Waals surface area (Å²) in [4.78, 5) is 21.6. The number of carbonyl (C=O) groups excluding carboxylic acids is 1. The highest BCUT2D eigenvalue weighted by Gasteiger charge is 2.29. The van der Waals surface area contributed by atoms with Gasteiger partial charge in [0.2, 0.25) is 5.91 Å². The summed E-state index contributed by atoms with van der Waals surface area (Å²) in [7, 11) is 0. The zero-order valence-corrected chi connectivity index (χ0v) is 9.92. The molecule has 1 fully saturated rings. The molecule has 1 aromatic rings. The van der Waals surface area contributed by atoms with E-state index in [4.69, 9.17) is 0 Å². The summed E-state index contributed by atoms with van der Waals surface area (Å²) in [6.07, 6.45) is 3.24. The Kier molecular flexibility index (Phi) is 3.36. The van der Waals surface area contributed by atoms with Crippen LogP contribution >= 0.6 is 0 Å². The van der Waals surface area contributed by atoms with Crippen molar-refractivity contribution in [3.05, 3.63) is 39.4 Å². The van der Waals surface area contributed by atoms with E-state index in [-0.39, 0.29) is 17.5 Å².